The number of hydrogen-bond donors (Lipinski definition) is 0. The summed E-state index contributed by atoms with van der Waals surface area (Å²) in [4.78, 5) is 29.8. The monoisotopic (exact) mass is 567 g/mol. The average molecular weight is 567 g/mol. The van der Waals surface area contributed by atoms with Gasteiger partial charge in [-0.25, -0.2) is 9.59 Å². The van der Waals surface area contributed by atoms with Gasteiger partial charge in [0.25, 0.3) is 0 Å². The fraction of sp³-hybridized carbons (Fsp3) is 0.0417. The normalized spacial score (nSPS) is 10.7. The Morgan fingerprint density at radius 1 is 0.727 bits per heavy atom. The van der Waals surface area contributed by atoms with Crippen molar-refractivity contribution in [3.63, 3.8) is 0 Å². The van der Waals surface area contributed by atoms with E-state index in [1.54, 1.807) is 36.4 Å². The van der Waals surface area contributed by atoms with Gasteiger partial charge in [0.1, 0.15) is 11.2 Å². The van der Waals surface area contributed by atoms with Gasteiger partial charge in [0, 0.05) is 40.2 Å². The first-order valence-corrected chi connectivity index (χ1v) is 9.41. The zero-order chi connectivity index (χ0) is 21.5. The van der Waals surface area contributed by atoms with Crippen LogP contribution in [0.1, 0.15) is 22.6 Å². The summed E-state index contributed by atoms with van der Waals surface area (Å²) in [6, 6.07) is 15.8. The van der Waals surface area contributed by atoms with Crippen molar-refractivity contribution in [3.05, 3.63) is 111 Å². The molecule has 0 atom stereocenters. The third-order valence-corrected chi connectivity index (χ3v) is 5.19. The zero-order valence-corrected chi connectivity index (χ0v) is 20.6. The van der Waals surface area contributed by atoms with Crippen LogP contribution in [0.3, 0.4) is 0 Å². The second kappa shape index (κ2) is 9.72. The van der Waals surface area contributed by atoms with Crippen LogP contribution in [0, 0.1) is 35.6 Å². The molecule has 5 rings (SSSR count). The van der Waals surface area contributed by atoms with Crippen LogP contribution in [-0.2, 0) is 0 Å². The minimum absolute atomic E-state index is 0. The van der Waals surface area contributed by atoms with Crippen molar-refractivity contribution in [1.82, 2.24) is 4.98 Å². The Bertz CT molecular complexity index is 1460. The molecule has 0 saturated heterocycles. The first-order valence-electron chi connectivity index (χ1n) is 9.41. The maximum atomic E-state index is 13.3. The minimum Gasteiger partial charge on any atom is -0.872 e. The quantitative estimate of drug-likeness (QED) is 0.302. The Morgan fingerprint density at radius 3 is 1.67 bits per heavy atom. The zero-order valence-electron chi connectivity index (χ0n) is 16.9. The second-order valence-corrected chi connectivity index (χ2v) is 6.98. The predicted octanol–water partition coefficient (Wildman–Crippen LogP) is 2.44. The van der Waals surface area contributed by atoms with Gasteiger partial charge in [0.15, 0.2) is 0 Å². The van der Waals surface area contributed by atoms with E-state index >= 15 is 0 Å². The van der Waals surface area contributed by atoms with Crippen LogP contribution in [-0.4, -0.2) is 10.5 Å². The van der Waals surface area contributed by atoms with Crippen LogP contribution in [0.15, 0.2) is 91.5 Å². The third kappa shape index (κ3) is 4.11. The molecule has 9 heteroatoms. The summed E-state index contributed by atoms with van der Waals surface area (Å²) in [6.07, 6.45) is 2.90. The van der Waals surface area contributed by atoms with E-state index in [2.05, 4.69) is 4.98 Å². The summed E-state index contributed by atoms with van der Waals surface area (Å²) in [5.74, 6) is -2.53. The summed E-state index contributed by atoms with van der Waals surface area (Å²) >= 11 is 0. The molecule has 0 aliphatic carbocycles. The van der Waals surface area contributed by atoms with E-state index in [1.807, 2.05) is 0 Å². The van der Waals surface area contributed by atoms with Crippen molar-refractivity contribution in [2.75, 3.05) is 0 Å². The number of rotatable bonds is 3. The molecule has 8 nitrogen and oxygen atoms in total. The summed E-state index contributed by atoms with van der Waals surface area (Å²) in [5.41, 5.74) is -1.97. The largest absolute Gasteiger partial charge is 3.00 e. The molecule has 0 saturated carbocycles. The molecule has 2 aromatic carbocycles. The Hall–Kier alpha value is -3.24. The van der Waals surface area contributed by atoms with E-state index in [0.717, 1.165) is 0 Å². The van der Waals surface area contributed by atoms with E-state index in [4.69, 9.17) is 8.83 Å². The van der Waals surface area contributed by atoms with E-state index in [0.29, 0.717) is 5.56 Å². The molecule has 0 bridgehead atoms. The Morgan fingerprint density at radius 2 is 1.21 bits per heavy atom. The Kier molecular flexibility index (Phi) is 7.19. The predicted molar refractivity (Wildman–Crippen MR) is 111 cm³/mol. The fourth-order valence-electron chi connectivity index (χ4n) is 3.79. The molecule has 1 N–H and O–H groups in total. The van der Waals surface area contributed by atoms with Crippen LogP contribution in [0.5, 0.6) is 11.5 Å². The minimum atomic E-state index is -1.30. The fourth-order valence-corrected chi connectivity index (χ4v) is 3.79. The molecule has 0 amide bonds. The van der Waals surface area contributed by atoms with Gasteiger partial charge in [-0.3, -0.25) is 4.98 Å². The van der Waals surface area contributed by atoms with Crippen molar-refractivity contribution < 1.29 is 60.1 Å². The molecule has 5 aromatic rings. The van der Waals surface area contributed by atoms with E-state index in [1.165, 1.54) is 36.7 Å². The first kappa shape index (κ1) is 24.4. The average Bonchev–Trinajstić information content (AvgIpc) is 2.78. The van der Waals surface area contributed by atoms with Crippen molar-refractivity contribution in [2.24, 2.45) is 0 Å². The van der Waals surface area contributed by atoms with E-state index < -0.39 is 28.7 Å². The summed E-state index contributed by atoms with van der Waals surface area (Å²) in [5, 5.41) is 27.0. The van der Waals surface area contributed by atoms with E-state index in [-0.39, 0.29) is 74.1 Å². The van der Waals surface area contributed by atoms with Crippen LogP contribution >= 0.6 is 0 Å². The molecule has 33 heavy (non-hydrogen) atoms. The Balaban J connectivity index is 0.00000153. The molecule has 160 valence electrons. The molecule has 0 aliphatic heterocycles. The van der Waals surface area contributed by atoms with Gasteiger partial charge in [0.2, 0.25) is 0 Å². The van der Waals surface area contributed by atoms with Crippen molar-refractivity contribution in [2.45, 2.75) is 5.92 Å². The number of benzene rings is 2. The number of hydrogen-bond acceptors (Lipinski definition) is 8. The van der Waals surface area contributed by atoms with Gasteiger partial charge in [-0.1, -0.05) is 54.0 Å². The van der Waals surface area contributed by atoms with Crippen LogP contribution in [0.2, 0.25) is 0 Å². The maximum Gasteiger partial charge on any atom is 3.00 e. The molecule has 0 aliphatic rings. The molecule has 0 radical (unpaired) electrons. The molecular weight excluding hydrogens is 553 g/mol. The number of aromatic nitrogens is 1. The standard InChI is InChI=1S/C24H15NO6.La.H2O/c26-21-14-7-1-3-9-16(14)30-23(28)19(21)18(13-6-5-11-25-12-13)20-22(27)15-8-2-4-10-17(15)31-24(20)29;;/h1-12,18,26-27H;;1H2/q;+3;/p-3. The topological polar surface area (TPSA) is 149 Å². The van der Waals surface area contributed by atoms with Gasteiger partial charge in [0.05, 0.1) is 0 Å². The van der Waals surface area contributed by atoms with Crippen LogP contribution < -0.4 is 21.5 Å². The molecule has 3 aromatic heterocycles. The van der Waals surface area contributed by atoms with Gasteiger partial charge in [-0.05, 0) is 23.8 Å². The third-order valence-electron chi connectivity index (χ3n) is 5.19. The Labute approximate surface area is 214 Å². The van der Waals surface area contributed by atoms with Crippen LogP contribution in [0.4, 0.5) is 0 Å². The summed E-state index contributed by atoms with van der Waals surface area (Å²) < 4.78 is 10.7. The second-order valence-electron chi connectivity index (χ2n) is 6.98. The number of para-hydroxylation sites is 2. The van der Waals surface area contributed by atoms with Gasteiger partial charge in [-0.15, -0.1) is 0 Å². The van der Waals surface area contributed by atoms with E-state index in [9.17, 15) is 19.8 Å². The van der Waals surface area contributed by atoms with Crippen molar-refractivity contribution in [3.8, 4) is 11.5 Å². The van der Waals surface area contributed by atoms with Crippen molar-refractivity contribution in [1.29, 1.82) is 0 Å². The molecule has 0 unspecified atom stereocenters. The summed E-state index contributed by atoms with van der Waals surface area (Å²) in [7, 11) is 0. The molecule has 0 spiro atoms. The maximum absolute atomic E-state index is 13.3. The van der Waals surface area contributed by atoms with Gasteiger partial charge < -0.3 is 24.5 Å². The van der Waals surface area contributed by atoms with Crippen LogP contribution in [0.25, 0.3) is 21.9 Å². The smallest absolute Gasteiger partial charge is 0.872 e. The number of fused-ring (bicyclic) bond motifs is 2. The van der Waals surface area contributed by atoms with Crippen molar-refractivity contribution >= 4 is 21.9 Å². The molecule has 3 heterocycles. The van der Waals surface area contributed by atoms with Gasteiger partial charge >= 0.3 is 46.9 Å². The molecular formula is C24H14LaNO7. The summed E-state index contributed by atoms with van der Waals surface area (Å²) in [6.45, 7) is 0. The molecule has 0 fully saturated rings. The van der Waals surface area contributed by atoms with Gasteiger partial charge in [-0.2, -0.15) is 0 Å². The number of pyridine rings is 1. The first-order chi connectivity index (χ1) is 15.1. The number of nitrogens with zero attached hydrogens (tertiary/aromatic N) is 1. The SMILES string of the molecule is O=c1oc2ccccc2c([O-])c1C(c1cccnc1)c1c([O-])c2ccccc2oc1=O.[La+3].[OH-].